The van der Waals surface area contributed by atoms with Crippen LogP contribution in [0.15, 0.2) is 4.52 Å². The van der Waals surface area contributed by atoms with Gasteiger partial charge in [0.2, 0.25) is 5.91 Å². The molecule has 1 aromatic rings. The Hall–Kier alpha value is -1.51. The fourth-order valence-electron chi connectivity index (χ4n) is 2.80. The molecule has 0 aliphatic carbocycles. The highest BCUT2D eigenvalue weighted by molar-refractivity contribution is 5.78. The van der Waals surface area contributed by atoms with Crippen molar-refractivity contribution in [1.29, 1.82) is 0 Å². The molecule has 2 aliphatic rings. The molecule has 8 heteroatoms. The molecule has 2 saturated heterocycles. The number of rotatable bonds is 5. The Morgan fingerprint density at radius 1 is 1.45 bits per heavy atom. The number of fused-ring (bicyclic) bond motifs is 1. The molecule has 0 unspecified atom stereocenters. The Morgan fingerprint density at radius 2 is 2.36 bits per heavy atom. The van der Waals surface area contributed by atoms with Crippen molar-refractivity contribution in [3.8, 4) is 0 Å². The van der Waals surface area contributed by atoms with Crippen molar-refractivity contribution in [1.82, 2.24) is 15.0 Å². The molecular weight excluding hydrogens is 290 g/mol. The Labute approximate surface area is 128 Å². The first kappa shape index (κ1) is 15.4. The first-order valence-electron chi connectivity index (χ1n) is 7.66. The van der Waals surface area contributed by atoms with Crippen molar-refractivity contribution in [2.24, 2.45) is 0 Å². The second kappa shape index (κ2) is 7.17. The molecule has 1 amide bonds. The van der Waals surface area contributed by atoms with Crippen LogP contribution in [0, 0.1) is 0 Å². The van der Waals surface area contributed by atoms with Crippen molar-refractivity contribution in [3.05, 3.63) is 11.7 Å². The van der Waals surface area contributed by atoms with Gasteiger partial charge in [-0.15, -0.1) is 0 Å². The van der Waals surface area contributed by atoms with E-state index in [0.29, 0.717) is 44.5 Å². The highest BCUT2D eigenvalue weighted by Crippen LogP contribution is 2.21. The van der Waals surface area contributed by atoms with Gasteiger partial charge in [0.25, 0.3) is 5.89 Å². The van der Waals surface area contributed by atoms with Crippen molar-refractivity contribution in [3.63, 3.8) is 0 Å². The van der Waals surface area contributed by atoms with E-state index < -0.39 is 0 Å². The summed E-state index contributed by atoms with van der Waals surface area (Å²) in [6.45, 7) is 4.47. The molecule has 3 rings (SSSR count). The van der Waals surface area contributed by atoms with Crippen LogP contribution in [0.5, 0.6) is 0 Å². The average molecular weight is 311 g/mol. The maximum Gasteiger partial charge on any atom is 0.252 e. The van der Waals surface area contributed by atoms with E-state index in [1.54, 1.807) is 0 Å². The van der Waals surface area contributed by atoms with Gasteiger partial charge in [0.15, 0.2) is 5.82 Å². The number of carbonyl (C=O) groups excluding carboxylic acids is 1. The van der Waals surface area contributed by atoms with Crippen LogP contribution in [0.1, 0.15) is 25.1 Å². The summed E-state index contributed by atoms with van der Waals surface area (Å²) in [5.41, 5.74) is 0. The lowest BCUT2D eigenvalue weighted by Crippen LogP contribution is -2.58. The fourth-order valence-corrected chi connectivity index (χ4v) is 2.80. The first-order valence-corrected chi connectivity index (χ1v) is 7.66. The molecular formula is C14H21N3O5. The van der Waals surface area contributed by atoms with Crippen LogP contribution in [0.25, 0.3) is 0 Å². The summed E-state index contributed by atoms with van der Waals surface area (Å²) in [7, 11) is 0. The van der Waals surface area contributed by atoms with Gasteiger partial charge >= 0.3 is 0 Å². The van der Waals surface area contributed by atoms with Gasteiger partial charge in [0.1, 0.15) is 19.3 Å². The molecule has 0 aromatic carbocycles. The Balaban J connectivity index is 1.48. The van der Waals surface area contributed by atoms with Gasteiger partial charge in [-0.3, -0.25) is 4.79 Å². The summed E-state index contributed by atoms with van der Waals surface area (Å²) >= 11 is 0. The number of aromatic nitrogens is 2. The number of ether oxygens (including phenoxy) is 3. The molecule has 2 fully saturated rings. The molecule has 0 radical (unpaired) electrons. The molecule has 8 nitrogen and oxygen atoms in total. The first-order chi connectivity index (χ1) is 10.8. The average Bonchev–Trinajstić information content (AvgIpc) is 3.02. The maximum atomic E-state index is 12.3. The maximum absolute atomic E-state index is 12.3. The molecule has 122 valence electrons. The van der Waals surface area contributed by atoms with Crippen molar-refractivity contribution in [2.45, 2.75) is 38.5 Å². The molecule has 0 N–H and O–H groups in total. The predicted molar refractivity (Wildman–Crippen MR) is 74.0 cm³/mol. The third-order valence-electron chi connectivity index (χ3n) is 3.93. The third-order valence-corrected chi connectivity index (χ3v) is 3.93. The van der Waals surface area contributed by atoms with E-state index in [2.05, 4.69) is 10.1 Å². The SMILES string of the molecule is CCc1noc(COCC(=O)N2CCO[C@@H]3COCC[C@@H]32)n1. The minimum atomic E-state index is -0.0320. The van der Waals surface area contributed by atoms with E-state index in [1.807, 2.05) is 11.8 Å². The topological polar surface area (TPSA) is 86.9 Å². The van der Waals surface area contributed by atoms with Crippen LogP contribution < -0.4 is 0 Å². The van der Waals surface area contributed by atoms with Crippen LogP contribution >= 0.6 is 0 Å². The van der Waals surface area contributed by atoms with Gasteiger partial charge in [-0.2, -0.15) is 4.98 Å². The molecule has 2 aliphatic heterocycles. The molecule has 3 heterocycles. The van der Waals surface area contributed by atoms with Gasteiger partial charge in [-0.1, -0.05) is 12.1 Å². The van der Waals surface area contributed by atoms with Crippen molar-refractivity contribution >= 4 is 5.91 Å². The summed E-state index contributed by atoms with van der Waals surface area (Å²) in [5.74, 6) is 1.01. The molecule has 22 heavy (non-hydrogen) atoms. The molecule has 1 aromatic heterocycles. The van der Waals surface area contributed by atoms with Gasteiger partial charge in [0.05, 0.1) is 19.3 Å². The molecule has 0 saturated carbocycles. The van der Waals surface area contributed by atoms with Crippen LogP contribution in [0.2, 0.25) is 0 Å². The number of carbonyl (C=O) groups is 1. The molecule has 0 bridgehead atoms. The van der Waals surface area contributed by atoms with Crippen LogP contribution in [0.3, 0.4) is 0 Å². The van der Waals surface area contributed by atoms with E-state index in [0.717, 1.165) is 6.42 Å². The second-order valence-electron chi connectivity index (χ2n) is 5.38. The summed E-state index contributed by atoms with van der Waals surface area (Å²) in [4.78, 5) is 18.3. The smallest absolute Gasteiger partial charge is 0.252 e. The van der Waals surface area contributed by atoms with Gasteiger partial charge in [-0.25, -0.2) is 0 Å². The molecule has 2 atom stereocenters. The van der Waals surface area contributed by atoms with E-state index in [1.165, 1.54) is 0 Å². The Morgan fingerprint density at radius 3 is 3.18 bits per heavy atom. The standard InChI is InChI=1S/C14H21N3O5/c1-2-12-15-13(22-16-12)8-20-9-14(18)17-4-6-21-11-7-19-5-3-10(11)17/h10-11H,2-9H2,1H3/t10-,11+/m0/s1. The lowest BCUT2D eigenvalue weighted by Gasteiger charge is -2.43. The third kappa shape index (κ3) is 3.45. The summed E-state index contributed by atoms with van der Waals surface area (Å²) in [5, 5.41) is 3.78. The van der Waals surface area contributed by atoms with Gasteiger partial charge in [-0.05, 0) is 6.42 Å². The number of hydrogen-bond acceptors (Lipinski definition) is 7. The Kier molecular flexibility index (Phi) is 5.01. The quantitative estimate of drug-likeness (QED) is 0.765. The summed E-state index contributed by atoms with van der Waals surface area (Å²) < 4.78 is 21.5. The zero-order chi connectivity index (χ0) is 15.4. The second-order valence-corrected chi connectivity index (χ2v) is 5.38. The summed E-state index contributed by atoms with van der Waals surface area (Å²) in [6, 6.07) is 0.0914. The van der Waals surface area contributed by atoms with Crippen LogP contribution in [-0.4, -0.2) is 66.1 Å². The number of aryl methyl sites for hydroxylation is 1. The minimum Gasteiger partial charge on any atom is -0.379 e. The van der Waals surface area contributed by atoms with Gasteiger partial charge in [0, 0.05) is 19.6 Å². The van der Waals surface area contributed by atoms with E-state index in [4.69, 9.17) is 18.7 Å². The van der Waals surface area contributed by atoms with E-state index in [-0.39, 0.29) is 31.3 Å². The lowest BCUT2D eigenvalue weighted by atomic mass is 10.0. The highest BCUT2D eigenvalue weighted by Gasteiger charge is 2.37. The zero-order valence-corrected chi connectivity index (χ0v) is 12.7. The predicted octanol–water partition coefficient (Wildman–Crippen LogP) is 0.165. The van der Waals surface area contributed by atoms with Crippen molar-refractivity contribution < 1.29 is 23.5 Å². The Bertz CT molecular complexity index is 504. The number of amides is 1. The van der Waals surface area contributed by atoms with Crippen LogP contribution in [0.4, 0.5) is 0 Å². The zero-order valence-electron chi connectivity index (χ0n) is 12.7. The van der Waals surface area contributed by atoms with E-state index in [9.17, 15) is 4.79 Å². The number of nitrogens with zero attached hydrogens (tertiary/aromatic N) is 3. The lowest BCUT2D eigenvalue weighted by molar-refractivity contribution is -0.165. The fraction of sp³-hybridized carbons (Fsp3) is 0.786. The van der Waals surface area contributed by atoms with E-state index >= 15 is 0 Å². The summed E-state index contributed by atoms with van der Waals surface area (Å²) in [6.07, 6.45) is 1.50. The van der Waals surface area contributed by atoms with Crippen molar-refractivity contribution in [2.75, 3.05) is 33.0 Å². The monoisotopic (exact) mass is 311 g/mol. The number of hydrogen-bond donors (Lipinski definition) is 0. The van der Waals surface area contributed by atoms with Crippen LogP contribution in [-0.2, 0) is 32.0 Å². The highest BCUT2D eigenvalue weighted by atomic mass is 16.5. The largest absolute Gasteiger partial charge is 0.379 e. The van der Waals surface area contributed by atoms with Gasteiger partial charge < -0.3 is 23.6 Å². The normalized spacial score (nSPS) is 25.0. The number of morpholine rings is 1. The minimum absolute atomic E-state index is 0.00785. The molecule has 0 spiro atoms.